The molecule has 0 aromatic rings. The Bertz CT molecular complexity index is 263. The molecule has 3 atom stereocenters. The van der Waals surface area contributed by atoms with Gasteiger partial charge in [-0.3, -0.25) is 0 Å². The summed E-state index contributed by atoms with van der Waals surface area (Å²) in [6.45, 7) is 19.3. The van der Waals surface area contributed by atoms with Crippen LogP contribution in [0.15, 0.2) is 0 Å². The lowest BCUT2D eigenvalue weighted by Crippen LogP contribution is -2.42. The summed E-state index contributed by atoms with van der Waals surface area (Å²) in [5.74, 6) is 1.66. The van der Waals surface area contributed by atoms with E-state index in [1.807, 2.05) is 0 Å². The second-order valence-corrected chi connectivity index (χ2v) is 8.01. The van der Waals surface area contributed by atoms with E-state index in [2.05, 4.69) is 62.7 Å². The summed E-state index contributed by atoms with van der Waals surface area (Å²) in [6, 6.07) is 0. The Labute approximate surface area is 110 Å². The maximum atomic E-state index is 2.65. The largest absolute Gasteiger partial charge is 0.125 e. The van der Waals surface area contributed by atoms with E-state index in [4.69, 9.17) is 0 Å². The van der Waals surface area contributed by atoms with Crippen molar-refractivity contribution >= 4 is 7.28 Å². The van der Waals surface area contributed by atoms with E-state index in [1.54, 1.807) is 0 Å². The summed E-state index contributed by atoms with van der Waals surface area (Å²) in [5.41, 5.74) is 0.467. The molecule has 0 amide bonds. The van der Waals surface area contributed by atoms with Gasteiger partial charge in [-0.05, 0) is 17.3 Å². The molecule has 1 aliphatic carbocycles. The van der Waals surface area contributed by atoms with Crippen LogP contribution in [0, 0.1) is 17.3 Å². The van der Waals surface area contributed by atoms with Crippen LogP contribution >= 0.6 is 0 Å². The molecule has 0 aromatic heterocycles. The molecule has 0 spiro atoms. The minimum Gasteiger partial charge on any atom is -0.0674 e. The Balaban J connectivity index is 3.07. The first-order valence-corrected chi connectivity index (χ1v) is 7.44. The fourth-order valence-electron chi connectivity index (χ4n) is 4.45. The summed E-state index contributed by atoms with van der Waals surface area (Å²) < 4.78 is 0. The smallest absolute Gasteiger partial charge is 0.0674 e. The SMILES string of the molecule is CCC1CCC(C)([B]C(C)(C)C)C1(C)C(C)C. The molecule has 0 nitrogen and oxygen atoms in total. The Morgan fingerprint density at radius 1 is 1.24 bits per heavy atom. The molecule has 99 valence electrons. The fourth-order valence-corrected chi connectivity index (χ4v) is 4.45. The highest BCUT2D eigenvalue weighted by molar-refractivity contribution is 6.44. The van der Waals surface area contributed by atoms with Crippen LogP contribution < -0.4 is 0 Å². The third-order valence-electron chi connectivity index (χ3n) is 5.53. The third kappa shape index (κ3) is 2.58. The first kappa shape index (κ1) is 15.1. The number of hydrogen-bond acceptors (Lipinski definition) is 0. The van der Waals surface area contributed by atoms with Crippen molar-refractivity contribution < 1.29 is 0 Å². The van der Waals surface area contributed by atoms with Gasteiger partial charge in [-0.1, -0.05) is 85.3 Å². The van der Waals surface area contributed by atoms with Crippen LogP contribution in [0.4, 0.5) is 0 Å². The van der Waals surface area contributed by atoms with Crippen molar-refractivity contribution in [3.8, 4) is 0 Å². The second-order valence-electron chi connectivity index (χ2n) is 8.01. The molecule has 1 aliphatic rings. The summed E-state index contributed by atoms with van der Waals surface area (Å²) in [6.07, 6.45) is 4.12. The topological polar surface area (TPSA) is 0 Å². The zero-order valence-electron chi connectivity index (χ0n) is 13.4. The molecule has 0 heterocycles. The van der Waals surface area contributed by atoms with Gasteiger partial charge in [-0.2, -0.15) is 0 Å². The van der Waals surface area contributed by atoms with Gasteiger partial charge in [0, 0.05) is 0 Å². The van der Waals surface area contributed by atoms with E-state index in [0.29, 0.717) is 16.0 Å². The van der Waals surface area contributed by atoms with Crippen LogP contribution in [0.25, 0.3) is 0 Å². The van der Waals surface area contributed by atoms with Crippen molar-refractivity contribution in [2.75, 3.05) is 0 Å². The quantitative estimate of drug-likeness (QED) is 0.561. The first-order chi connectivity index (χ1) is 7.57. The van der Waals surface area contributed by atoms with Crippen molar-refractivity contribution in [2.45, 2.75) is 85.3 Å². The highest BCUT2D eigenvalue weighted by Gasteiger charge is 2.55. The standard InChI is InChI=1S/C16H32B/c1-9-13-10-11-15(7,17-14(4,5)6)16(13,8)12(2)3/h12-13H,9-11H2,1-8H3. The van der Waals surface area contributed by atoms with Gasteiger partial charge < -0.3 is 0 Å². The third-order valence-corrected chi connectivity index (χ3v) is 5.53. The van der Waals surface area contributed by atoms with Gasteiger partial charge in [-0.25, -0.2) is 0 Å². The van der Waals surface area contributed by atoms with E-state index in [9.17, 15) is 0 Å². The Hall–Kier alpha value is 0.0649. The van der Waals surface area contributed by atoms with Crippen molar-refractivity contribution in [3.63, 3.8) is 0 Å². The number of rotatable bonds is 3. The summed E-state index contributed by atoms with van der Waals surface area (Å²) in [4.78, 5) is 0. The Morgan fingerprint density at radius 2 is 1.76 bits per heavy atom. The molecule has 0 aliphatic heterocycles. The average molecular weight is 235 g/mol. The maximum absolute atomic E-state index is 2.65. The lowest BCUT2D eigenvalue weighted by molar-refractivity contribution is 0.102. The minimum atomic E-state index is 0.327. The van der Waals surface area contributed by atoms with Gasteiger partial charge in [0.15, 0.2) is 0 Å². The molecular formula is C16H32B. The molecular weight excluding hydrogens is 203 g/mol. The predicted octanol–water partition coefficient (Wildman–Crippen LogP) is 5.57. The monoisotopic (exact) mass is 235 g/mol. The Kier molecular flexibility index (Phi) is 4.12. The maximum Gasteiger partial charge on any atom is 0.125 e. The van der Waals surface area contributed by atoms with E-state index in [1.165, 1.54) is 19.3 Å². The van der Waals surface area contributed by atoms with Gasteiger partial charge >= 0.3 is 0 Å². The highest BCUT2D eigenvalue weighted by atomic mass is 14.6. The predicted molar refractivity (Wildman–Crippen MR) is 79.8 cm³/mol. The zero-order chi connectivity index (χ0) is 13.5. The normalized spacial score (nSPS) is 38.8. The van der Waals surface area contributed by atoms with Crippen LogP contribution in [0.5, 0.6) is 0 Å². The highest BCUT2D eigenvalue weighted by Crippen LogP contribution is 2.66. The molecule has 0 saturated heterocycles. The molecule has 1 rings (SSSR count). The number of hydrogen-bond donors (Lipinski definition) is 0. The minimum absolute atomic E-state index is 0.327. The molecule has 0 bridgehead atoms. The van der Waals surface area contributed by atoms with Gasteiger partial charge in [0.2, 0.25) is 0 Å². The van der Waals surface area contributed by atoms with Crippen LogP contribution in [-0.2, 0) is 0 Å². The average Bonchev–Trinajstić information content (AvgIpc) is 2.37. The molecule has 1 fully saturated rings. The van der Waals surface area contributed by atoms with Crippen molar-refractivity contribution in [1.82, 2.24) is 0 Å². The van der Waals surface area contributed by atoms with Crippen LogP contribution in [0.3, 0.4) is 0 Å². The molecule has 3 unspecified atom stereocenters. The van der Waals surface area contributed by atoms with Crippen LogP contribution in [0.1, 0.15) is 74.7 Å². The Morgan fingerprint density at radius 3 is 2.12 bits per heavy atom. The molecule has 1 saturated carbocycles. The molecule has 0 N–H and O–H groups in total. The van der Waals surface area contributed by atoms with Crippen molar-refractivity contribution in [1.29, 1.82) is 0 Å². The summed E-state index contributed by atoms with van der Waals surface area (Å²) in [5, 5.41) is 0.730. The zero-order valence-corrected chi connectivity index (χ0v) is 13.4. The van der Waals surface area contributed by atoms with Gasteiger partial charge in [0.1, 0.15) is 7.28 Å². The lowest BCUT2D eigenvalue weighted by atomic mass is 9.33. The van der Waals surface area contributed by atoms with E-state index in [-0.39, 0.29) is 0 Å². The van der Waals surface area contributed by atoms with E-state index >= 15 is 0 Å². The summed E-state index contributed by atoms with van der Waals surface area (Å²) in [7, 11) is 2.65. The summed E-state index contributed by atoms with van der Waals surface area (Å²) >= 11 is 0. The molecule has 17 heavy (non-hydrogen) atoms. The first-order valence-electron chi connectivity index (χ1n) is 7.44. The van der Waals surface area contributed by atoms with Crippen molar-refractivity contribution in [2.24, 2.45) is 17.3 Å². The van der Waals surface area contributed by atoms with Crippen LogP contribution in [-0.4, -0.2) is 7.28 Å². The second kappa shape index (κ2) is 4.63. The van der Waals surface area contributed by atoms with Gasteiger partial charge in [0.05, 0.1) is 0 Å². The van der Waals surface area contributed by atoms with Gasteiger partial charge in [-0.15, -0.1) is 0 Å². The van der Waals surface area contributed by atoms with Gasteiger partial charge in [0.25, 0.3) is 0 Å². The molecule has 0 aromatic carbocycles. The van der Waals surface area contributed by atoms with E-state index in [0.717, 1.165) is 11.8 Å². The molecule has 1 radical (unpaired) electrons. The lowest BCUT2D eigenvalue weighted by Gasteiger charge is -2.50. The fraction of sp³-hybridized carbons (Fsp3) is 1.00. The molecule has 1 heteroatoms. The van der Waals surface area contributed by atoms with Crippen molar-refractivity contribution in [3.05, 3.63) is 0 Å². The van der Waals surface area contributed by atoms with Crippen LogP contribution in [0.2, 0.25) is 10.6 Å². The van der Waals surface area contributed by atoms with E-state index < -0.39 is 0 Å².